The lowest BCUT2D eigenvalue weighted by Crippen LogP contribution is -2.26. The number of carbonyl (C=O) groups is 1. The number of halogens is 1. The van der Waals surface area contributed by atoms with E-state index in [-0.39, 0.29) is 17.8 Å². The molecule has 3 nitrogen and oxygen atoms in total. The molecule has 1 N–H and O–H groups in total. The highest BCUT2D eigenvalue weighted by molar-refractivity contribution is 5.95. The molecule has 0 aliphatic heterocycles. The molecular weight excluding hydrogens is 339 g/mol. The van der Waals surface area contributed by atoms with Crippen molar-refractivity contribution in [1.29, 1.82) is 0 Å². The summed E-state index contributed by atoms with van der Waals surface area (Å²) < 4.78 is 15.2. The van der Waals surface area contributed by atoms with E-state index in [1.165, 1.54) is 17.7 Å². The molecule has 0 aliphatic carbocycles. The molecular formula is C23H25FN2O. The summed E-state index contributed by atoms with van der Waals surface area (Å²) in [6.07, 6.45) is 0.672. The minimum atomic E-state index is -0.247. The molecule has 0 unspecified atom stereocenters. The van der Waals surface area contributed by atoms with E-state index in [0.29, 0.717) is 18.5 Å². The second kappa shape index (κ2) is 8.21. The van der Waals surface area contributed by atoms with Crippen LogP contribution in [-0.4, -0.2) is 17.0 Å². The number of amides is 1. The Balaban J connectivity index is 1.69. The molecule has 1 heterocycles. The van der Waals surface area contributed by atoms with Crippen LogP contribution in [-0.2, 0) is 6.42 Å². The molecule has 0 bridgehead atoms. The first-order chi connectivity index (χ1) is 13.0. The Hall–Kier alpha value is -2.88. The van der Waals surface area contributed by atoms with E-state index in [9.17, 15) is 9.18 Å². The fourth-order valence-electron chi connectivity index (χ4n) is 3.55. The van der Waals surface area contributed by atoms with Gasteiger partial charge in [0.25, 0.3) is 5.91 Å². The van der Waals surface area contributed by atoms with Gasteiger partial charge in [-0.25, -0.2) is 4.39 Å². The molecule has 3 aromatic rings. The summed E-state index contributed by atoms with van der Waals surface area (Å²) in [5.41, 5.74) is 4.94. The van der Waals surface area contributed by atoms with Crippen LogP contribution in [0.1, 0.15) is 45.8 Å². The third-order valence-corrected chi connectivity index (χ3v) is 5.01. The van der Waals surface area contributed by atoms with Crippen LogP contribution in [0.5, 0.6) is 0 Å². The topological polar surface area (TPSA) is 34.0 Å². The van der Waals surface area contributed by atoms with Gasteiger partial charge in [0.1, 0.15) is 5.82 Å². The van der Waals surface area contributed by atoms with Crippen molar-refractivity contribution in [3.05, 3.63) is 94.6 Å². The number of nitrogens with one attached hydrogen (secondary N) is 1. The molecule has 0 saturated carbocycles. The molecule has 2 aromatic carbocycles. The molecule has 3 rings (SSSR count). The molecule has 1 aromatic heterocycles. The molecule has 27 heavy (non-hydrogen) atoms. The van der Waals surface area contributed by atoms with Gasteiger partial charge in [0.15, 0.2) is 0 Å². The van der Waals surface area contributed by atoms with Crippen LogP contribution in [0.25, 0.3) is 0 Å². The standard InChI is InChI=1S/C23H25FN2O/c1-16-15-22(18(3)26(16)17(2)20-7-5-4-6-8-20)23(27)25-14-13-19-9-11-21(24)12-10-19/h4-12,15,17H,13-14H2,1-3H3,(H,25,27)/t17-/m0/s1. The van der Waals surface area contributed by atoms with Crippen molar-refractivity contribution < 1.29 is 9.18 Å². The van der Waals surface area contributed by atoms with Crippen LogP contribution < -0.4 is 5.32 Å². The fraction of sp³-hybridized carbons (Fsp3) is 0.261. The van der Waals surface area contributed by atoms with Crippen molar-refractivity contribution in [2.45, 2.75) is 33.2 Å². The van der Waals surface area contributed by atoms with E-state index < -0.39 is 0 Å². The summed E-state index contributed by atoms with van der Waals surface area (Å²) in [6.45, 7) is 6.68. The van der Waals surface area contributed by atoms with Gasteiger partial charge in [-0.15, -0.1) is 0 Å². The van der Waals surface area contributed by atoms with Crippen molar-refractivity contribution in [1.82, 2.24) is 9.88 Å². The number of benzene rings is 2. The average Bonchev–Trinajstić information content (AvgIpc) is 2.97. The van der Waals surface area contributed by atoms with Crippen LogP contribution in [0.2, 0.25) is 0 Å². The smallest absolute Gasteiger partial charge is 0.253 e. The first-order valence-electron chi connectivity index (χ1n) is 9.23. The van der Waals surface area contributed by atoms with E-state index in [1.54, 1.807) is 12.1 Å². The Labute approximate surface area is 159 Å². The lowest BCUT2D eigenvalue weighted by Gasteiger charge is -2.19. The molecule has 1 amide bonds. The van der Waals surface area contributed by atoms with Gasteiger partial charge in [0.05, 0.1) is 11.6 Å². The van der Waals surface area contributed by atoms with Crippen LogP contribution in [0, 0.1) is 19.7 Å². The quantitative estimate of drug-likeness (QED) is 0.668. The monoisotopic (exact) mass is 364 g/mol. The SMILES string of the molecule is Cc1cc(C(=O)NCCc2ccc(F)cc2)c(C)n1[C@@H](C)c1ccccc1. The van der Waals surface area contributed by atoms with Crippen LogP contribution in [0.15, 0.2) is 60.7 Å². The minimum Gasteiger partial charge on any atom is -0.352 e. The summed E-state index contributed by atoms with van der Waals surface area (Å²) in [4.78, 5) is 12.7. The van der Waals surface area contributed by atoms with Gasteiger partial charge >= 0.3 is 0 Å². The average molecular weight is 364 g/mol. The molecule has 4 heteroatoms. The zero-order valence-corrected chi connectivity index (χ0v) is 16.0. The highest BCUT2D eigenvalue weighted by Gasteiger charge is 2.19. The Morgan fingerprint density at radius 3 is 2.41 bits per heavy atom. The fourth-order valence-corrected chi connectivity index (χ4v) is 3.55. The number of hydrogen-bond donors (Lipinski definition) is 1. The predicted octanol–water partition coefficient (Wildman–Crippen LogP) is 4.83. The van der Waals surface area contributed by atoms with Gasteiger partial charge in [-0.2, -0.15) is 0 Å². The molecule has 0 aliphatic rings. The van der Waals surface area contributed by atoms with Crippen molar-refractivity contribution in [3.8, 4) is 0 Å². The van der Waals surface area contributed by atoms with E-state index in [1.807, 2.05) is 38.1 Å². The normalized spacial score (nSPS) is 12.0. The van der Waals surface area contributed by atoms with E-state index >= 15 is 0 Å². The number of aryl methyl sites for hydroxylation is 1. The maximum atomic E-state index is 13.0. The number of aromatic nitrogens is 1. The summed E-state index contributed by atoms with van der Waals surface area (Å²) in [6, 6.07) is 18.7. The number of nitrogens with zero attached hydrogens (tertiary/aromatic N) is 1. The van der Waals surface area contributed by atoms with Gasteiger partial charge in [-0.3, -0.25) is 4.79 Å². The Morgan fingerprint density at radius 2 is 1.74 bits per heavy atom. The minimum absolute atomic E-state index is 0.0725. The third kappa shape index (κ3) is 4.27. The van der Waals surface area contributed by atoms with E-state index in [2.05, 4.69) is 28.9 Å². The second-order valence-electron chi connectivity index (χ2n) is 6.87. The first kappa shape index (κ1) is 18.9. The summed E-state index contributed by atoms with van der Waals surface area (Å²) in [5.74, 6) is -0.320. The maximum absolute atomic E-state index is 13.0. The molecule has 140 valence electrons. The largest absolute Gasteiger partial charge is 0.352 e. The number of carbonyl (C=O) groups excluding carboxylic acids is 1. The molecule has 1 atom stereocenters. The maximum Gasteiger partial charge on any atom is 0.253 e. The predicted molar refractivity (Wildman–Crippen MR) is 107 cm³/mol. The third-order valence-electron chi connectivity index (χ3n) is 5.01. The molecule has 0 radical (unpaired) electrons. The van der Waals surface area contributed by atoms with Gasteiger partial charge in [-0.05, 0) is 56.5 Å². The second-order valence-corrected chi connectivity index (χ2v) is 6.87. The Kier molecular flexibility index (Phi) is 5.75. The van der Waals surface area contributed by atoms with Gasteiger partial charge < -0.3 is 9.88 Å². The molecule has 0 saturated heterocycles. The molecule has 0 fully saturated rings. The zero-order chi connectivity index (χ0) is 19.4. The van der Waals surface area contributed by atoms with Crippen LogP contribution in [0.4, 0.5) is 4.39 Å². The highest BCUT2D eigenvalue weighted by atomic mass is 19.1. The van der Waals surface area contributed by atoms with Crippen molar-refractivity contribution in [3.63, 3.8) is 0 Å². The van der Waals surface area contributed by atoms with Crippen molar-refractivity contribution >= 4 is 5.91 Å². The lowest BCUT2D eigenvalue weighted by atomic mass is 10.1. The summed E-state index contributed by atoms with van der Waals surface area (Å²) in [7, 11) is 0. The van der Waals surface area contributed by atoms with Crippen molar-refractivity contribution in [2.75, 3.05) is 6.54 Å². The Bertz CT molecular complexity index is 914. The highest BCUT2D eigenvalue weighted by Crippen LogP contribution is 2.25. The molecule has 0 spiro atoms. The van der Waals surface area contributed by atoms with Gasteiger partial charge in [0.2, 0.25) is 0 Å². The van der Waals surface area contributed by atoms with Gasteiger partial charge in [0, 0.05) is 17.9 Å². The first-order valence-corrected chi connectivity index (χ1v) is 9.23. The number of rotatable bonds is 6. The van der Waals surface area contributed by atoms with Gasteiger partial charge in [-0.1, -0.05) is 42.5 Å². The van der Waals surface area contributed by atoms with E-state index in [4.69, 9.17) is 0 Å². The van der Waals surface area contributed by atoms with E-state index in [0.717, 1.165) is 17.0 Å². The summed E-state index contributed by atoms with van der Waals surface area (Å²) in [5, 5.41) is 2.98. The zero-order valence-electron chi connectivity index (χ0n) is 16.0. The number of hydrogen-bond acceptors (Lipinski definition) is 1. The Morgan fingerprint density at radius 1 is 1.07 bits per heavy atom. The van der Waals surface area contributed by atoms with Crippen LogP contribution in [0.3, 0.4) is 0 Å². The summed E-state index contributed by atoms with van der Waals surface area (Å²) >= 11 is 0. The van der Waals surface area contributed by atoms with Crippen molar-refractivity contribution in [2.24, 2.45) is 0 Å². The van der Waals surface area contributed by atoms with Crippen LogP contribution >= 0.6 is 0 Å². The lowest BCUT2D eigenvalue weighted by molar-refractivity contribution is 0.0953.